The maximum Gasteiger partial charge on any atom is 0.220 e. The summed E-state index contributed by atoms with van der Waals surface area (Å²) in [7, 11) is 0. The van der Waals surface area contributed by atoms with Crippen molar-refractivity contribution in [3.63, 3.8) is 0 Å². The molecule has 6 nitrogen and oxygen atoms in total. The average molecular weight is 455 g/mol. The zero-order valence-corrected chi connectivity index (χ0v) is 18.1. The van der Waals surface area contributed by atoms with Gasteiger partial charge in [0.15, 0.2) is 0 Å². The first-order chi connectivity index (χ1) is 15.1. The third-order valence-corrected chi connectivity index (χ3v) is 5.52. The molecule has 2 aromatic heterocycles. The van der Waals surface area contributed by atoms with Gasteiger partial charge in [-0.1, -0.05) is 47.5 Å². The van der Waals surface area contributed by atoms with Crippen molar-refractivity contribution >= 4 is 40.1 Å². The van der Waals surface area contributed by atoms with Gasteiger partial charge in [-0.25, -0.2) is 9.97 Å². The van der Waals surface area contributed by atoms with E-state index in [-0.39, 0.29) is 5.91 Å². The number of hydrogen-bond acceptors (Lipinski definition) is 4. The summed E-state index contributed by atoms with van der Waals surface area (Å²) in [6.45, 7) is 0.792. The SMILES string of the molecule is O=C(CCCOc1cccc(Cl)c1Cl)NCc1ccc(-n2cnc3ccccc32)nc1. The van der Waals surface area contributed by atoms with Crippen LogP contribution in [0, 0.1) is 0 Å². The Labute approximate surface area is 189 Å². The lowest BCUT2D eigenvalue weighted by Crippen LogP contribution is -2.23. The molecule has 2 heterocycles. The number of ether oxygens (including phenoxy) is 1. The van der Waals surface area contributed by atoms with Gasteiger partial charge in [0.05, 0.1) is 22.7 Å². The minimum atomic E-state index is -0.0505. The molecule has 158 valence electrons. The van der Waals surface area contributed by atoms with Crippen LogP contribution in [-0.2, 0) is 11.3 Å². The fourth-order valence-corrected chi connectivity index (χ4v) is 3.45. The fourth-order valence-electron chi connectivity index (χ4n) is 3.10. The number of benzene rings is 2. The Hall–Kier alpha value is -3.09. The predicted octanol–water partition coefficient (Wildman–Crippen LogP) is 5.20. The summed E-state index contributed by atoms with van der Waals surface area (Å²) in [5.41, 5.74) is 2.84. The Morgan fingerprint density at radius 1 is 1.03 bits per heavy atom. The van der Waals surface area contributed by atoms with Crippen molar-refractivity contribution < 1.29 is 9.53 Å². The predicted molar refractivity (Wildman–Crippen MR) is 122 cm³/mol. The summed E-state index contributed by atoms with van der Waals surface area (Å²) in [4.78, 5) is 21.0. The van der Waals surface area contributed by atoms with Gasteiger partial charge < -0.3 is 10.1 Å². The van der Waals surface area contributed by atoms with Gasteiger partial charge in [0.25, 0.3) is 0 Å². The molecule has 0 atom stereocenters. The highest BCUT2D eigenvalue weighted by Crippen LogP contribution is 2.31. The zero-order chi connectivity index (χ0) is 21.6. The molecule has 1 N–H and O–H groups in total. The highest BCUT2D eigenvalue weighted by molar-refractivity contribution is 6.42. The fraction of sp³-hybridized carbons (Fsp3) is 0.174. The molecule has 0 spiro atoms. The zero-order valence-electron chi connectivity index (χ0n) is 16.6. The molecular formula is C23H20Cl2N4O2. The van der Waals surface area contributed by atoms with E-state index in [1.807, 2.05) is 41.0 Å². The first kappa shape index (κ1) is 21.2. The normalized spacial score (nSPS) is 10.9. The van der Waals surface area contributed by atoms with E-state index in [1.165, 1.54) is 0 Å². The second kappa shape index (κ2) is 9.81. The van der Waals surface area contributed by atoms with E-state index in [2.05, 4.69) is 15.3 Å². The quantitative estimate of drug-likeness (QED) is 0.371. The van der Waals surface area contributed by atoms with Gasteiger partial charge in [0.1, 0.15) is 22.9 Å². The number of pyridine rings is 1. The molecule has 0 bridgehead atoms. The van der Waals surface area contributed by atoms with Crippen LogP contribution >= 0.6 is 23.2 Å². The maximum absolute atomic E-state index is 12.1. The number of aromatic nitrogens is 3. The number of para-hydroxylation sites is 2. The number of hydrogen-bond donors (Lipinski definition) is 1. The minimum Gasteiger partial charge on any atom is -0.492 e. The number of nitrogens with one attached hydrogen (secondary N) is 1. The van der Waals surface area contributed by atoms with Crippen molar-refractivity contribution in [3.05, 3.63) is 82.7 Å². The van der Waals surface area contributed by atoms with Gasteiger partial charge in [-0.3, -0.25) is 9.36 Å². The van der Waals surface area contributed by atoms with Crippen molar-refractivity contribution in [2.24, 2.45) is 0 Å². The van der Waals surface area contributed by atoms with Crippen LogP contribution in [0.15, 0.2) is 67.1 Å². The molecule has 2 aromatic carbocycles. The minimum absolute atomic E-state index is 0.0505. The largest absolute Gasteiger partial charge is 0.492 e. The van der Waals surface area contributed by atoms with Crippen LogP contribution in [0.3, 0.4) is 0 Å². The van der Waals surface area contributed by atoms with E-state index in [0.717, 1.165) is 22.4 Å². The first-order valence-corrected chi connectivity index (χ1v) is 10.6. The summed E-state index contributed by atoms with van der Waals surface area (Å²) >= 11 is 12.0. The van der Waals surface area contributed by atoms with Crippen LogP contribution < -0.4 is 10.1 Å². The van der Waals surface area contributed by atoms with Crippen LogP contribution in [0.1, 0.15) is 18.4 Å². The van der Waals surface area contributed by atoms with Gasteiger partial charge in [0.2, 0.25) is 5.91 Å². The molecule has 4 aromatic rings. The Morgan fingerprint density at radius 3 is 2.74 bits per heavy atom. The van der Waals surface area contributed by atoms with Crippen molar-refractivity contribution in [1.82, 2.24) is 19.9 Å². The lowest BCUT2D eigenvalue weighted by atomic mass is 10.2. The first-order valence-electron chi connectivity index (χ1n) is 9.83. The van der Waals surface area contributed by atoms with E-state index < -0.39 is 0 Å². The number of amides is 1. The average Bonchev–Trinajstić information content (AvgIpc) is 3.22. The molecule has 0 aliphatic rings. The molecule has 0 fully saturated rings. The van der Waals surface area contributed by atoms with E-state index in [4.69, 9.17) is 27.9 Å². The molecule has 0 aliphatic carbocycles. The number of carbonyl (C=O) groups is 1. The van der Waals surface area contributed by atoms with Gasteiger partial charge in [-0.2, -0.15) is 0 Å². The lowest BCUT2D eigenvalue weighted by Gasteiger charge is -2.09. The van der Waals surface area contributed by atoms with Crippen molar-refractivity contribution in [1.29, 1.82) is 0 Å². The number of nitrogens with zero attached hydrogens (tertiary/aromatic N) is 3. The van der Waals surface area contributed by atoms with Gasteiger partial charge >= 0.3 is 0 Å². The Bertz CT molecular complexity index is 1190. The number of halogens is 2. The lowest BCUT2D eigenvalue weighted by molar-refractivity contribution is -0.121. The number of fused-ring (bicyclic) bond motifs is 1. The number of rotatable bonds is 8. The van der Waals surface area contributed by atoms with Crippen molar-refractivity contribution in [2.45, 2.75) is 19.4 Å². The van der Waals surface area contributed by atoms with Crippen molar-refractivity contribution in [2.75, 3.05) is 6.61 Å². The van der Waals surface area contributed by atoms with Crippen LogP contribution in [-0.4, -0.2) is 27.0 Å². The molecule has 0 radical (unpaired) electrons. The summed E-state index contributed by atoms with van der Waals surface area (Å²) in [5, 5.41) is 3.73. The smallest absolute Gasteiger partial charge is 0.220 e. The van der Waals surface area contributed by atoms with Crippen molar-refractivity contribution in [3.8, 4) is 11.6 Å². The summed E-state index contributed by atoms with van der Waals surface area (Å²) < 4.78 is 7.53. The molecular weight excluding hydrogens is 435 g/mol. The molecule has 8 heteroatoms. The molecule has 4 rings (SSSR count). The number of carbonyl (C=O) groups excluding carboxylic acids is 1. The third kappa shape index (κ3) is 5.16. The van der Waals surface area contributed by atoms with Crippen LogP contribution in [0.25, 0.3) is 16.9 Å². The van der Waals surface area contributed by atoms with Gasteiger partial charge in [-0.15, -0.1) is 0 Å². The molecule has 0 saturated carbocycles. The third-order valence-electron chi connectivity index (χ3n) is 4.72. The summed E-state index contributed by atoms with van der Waals surface area (Å²) in [6.07, 6.45) is 4.44. The van der Waals surface area contributed by atoms with Gasteiger partial charge in [0, 0.05) is 19.2 Å². The highest BCUT2D eigenvalue weighted by atomic mass is 35.5. The Kier molecular flexibility index (Phi) is 6.70. The topological polar surface area (TPSA) is 69.0 Å². The highest BCUT2D eigenvalue weighted by Gasteiger charge is 2.08. The molecule has 1 amide bonds. The van der Waals surface area contributed by atoms with Crippen LogP contribution in [0.5, 0.6) is 5.75 Å². The number of imidazole rings is 1. The van der Waals surface area contributed by atoms with Crippen LogP contribution in [0.4, 0.5) is 0 Å². The Balaban J connectivity index is 1.24. The van der Waals surface area contributed by atoms with E-state index >= 15 is 0 Å². The monoisotopic (exact) mass is 454 g/mol. The summed E-state index contributed by atoms with van der Waals surface area (Å²) in [6, 6.07) is 17.0. The van der Waals surface area contributed by atoms with E-state index in [1.54, 1.807) is 30.7 Å². The Morgan fingerprint density at radius 2 is 1.90 bits per heavy atom. The van der Waals surface area contributed by atoms with E-state index in [0.29, 0.717) is 41.8 Å². The van der Waals surface area contributed by atoms with E-state index in [9.17, 15) is 4.79 Å². The molecule has 0 aliphatic heterocycles. The summed E-state index contributed by atoms with van der Waals surface area (Å²) in [5.74, 6) is 1.25. The molecule has 31 heavy (non-hydrogen) atoms. The standard InChI is InChI=1S/C23H20Cl2N4O2/c24-17-5-3-8-20(23(17)25)31-12-4-9-22(30)27-14-16-10-11-21(26-13-16)29-15-28-18-6-1-2-7-19(18)29/h1-3,5-8,10-11,13,15H,4,9,12,14H2,(H,27,30). The van der Waals surface area contributed by atoms with Gasteiger partial charge in [-0.05, 0) is 42.3 Å². The van der Waals surface area contributed by atoms with Crippen LogP contribution in [0.2, 0.25) is 10.0 Å². The molecule has 0 unspecified atom stereocenters. The second-order valence-electron chi connectivity index (χ2n) is 6.91. The second-order valence-corrected chi connectivity index (χ2v) is 7.69. The molecule has 0 saturated heterocycles. The maximum atomic E-state index is 12.1.